The van der Waals surface area contributed by atoms with Crippen molar-refractivity contribution < 1.29 is 13.9 Å². The smallest absolute Gasteiger partial charge is 0.254 e. The molecule has 7 heteroatoms. The van der Waals surface area contributed by atoms with Crippen molar-refractivity contribution in [3.63, 3.8) is 0 Å². The highest BCUT2D eigenvalue weighted by atomic mass is 19.1. The number of aromatic nitrogens is 2. The summed E-state index contributed by atoms with van der Waals surface area (Å²) in [5.74, 6) is 0.286. The van der Waals surface area contributed by atoms with Crippen LogP contribution in [0.1, 0.15) is 5.56 Å². The zero-order chi connectivity index (χ0) is 19.0. The van der Waals surface area contributed by atoms with Gasteiger partial charge < -0.3 is 19.9 Å². The van der Waals surface area contributed by atoms with E-state index in [4.69, 9.17) is 4.74 Å². The molecule has 1 aromatic heterocycles. The number of halogens is 1. The van der Waals surface area contributed by atoms with Crippen LogP contribution < -0.4 is 10.6 Å². The quantitative estimate of drug-likeness (QED) is 0.746. The molecule has 140 valence electrons. The summed E-state index contributed by atoms with van der Waals surface area (Å²) >= 11 is 0. The lowest BCUT2D eigenvalue weighted by atomic mass is 10.1. The molecule has 27 heavy (non-hydrogen) atoms. The van der Waals surface area contributed by atoms with Crippen molar-refractivity contribution in [1.82, 2.24) is 14.9 Å². The van der Waals surface area contributed by atoms with Gasteiger partial charge in [0.1, 0.15) is 17.7 Å². The molecule has 0 radical (unpaired) electrons. The number of amides is 1. The van der Waals surface area contributed by atoms with Crippen LogP contribution in [0.4, 0.5) is 10.1 Å². The molecule has 1 unspecified atom stereocenters. The fourth-order valence-corrected chi connectivity index (χ4v) is 3.32. The van der Waals surface area contributed by atoms with E-state index >= 15 is 0 Å². The summed E-state index contributed by atoms with van der Waals surface area (Å²) < 4.78 is 20.9. The maximum Gasteiger partial charge on any atom is 0.254 e. The number of nitrogens with one attached hydrogen (secondary N) is 2. The molecule has 4 rings (SSSR count). The molecule has 1 aliphatic rings. The number of nitrogens with zero attached hydrogens (tertiary/aromatic N) is 2. The number of fused-ring (bicyclic) bond motifs is 1. The van der Waals surface area contributed by atoms with Crippen LogP contribution in [0, 0.1) is 12.7 Å². The second-order valence-corrected chi connectivity index (χ2v) is 6.71. The van der Waals surface area contributed by atoms with Gasteiger partial charge in [0, 0.05) is 37.5 Å². The monoisotopic (exact) mass is 368 g/mol. The molecular formula is C20H21FN4O2. The van der Waals surface area contributed by atoms with Crippen molar-refractivity contribution in [2.24, 2.45) is 7.05 Å². The number of imidazole rings is 1. The Kier molecular flexibility index (Phi) is 4.63. The zero-order valence-electron chi connectivity index (χ0n) is 15.3. The molecule has 0 saturated carbocycles. The van der Waals surface area contributed by atoms with Crippen molar-refractivity contribution in [3.05, 3.63) is 47.8 Å². The zero-order valence-corrected chi connectivity index (χ0v) is 15.3. The number of carbonyl (C=O) groups is 1. The number of hydrogen-bond acceptors (Lipinski definition) is 4. The molecule has 2 heterocycles. The van der Waals surface area contributed by atoms with E-state index in [-0.39, 0.29) is 11.7 Å². The highest BCUT2D eigenvalue weighted by Gasteiger charge is 2.22. The van der Waals surface area contributed by atoms with E-state index in [1.54, 1.807) is 6.07 Å². The van der Waals surface area contributed by atoms with Crippen LogP contribution in [0.3, 0.4) is 0 Å². The highest BCUT2D eigenvalue weighted by molar-refractivity contribution is 5.95. The molecule has 1 fully saturated rings. The van der Waals surface area contributed by atoms with E-state index in [1.807, 2.05) is 36.7 Å². The molecular weight excluding hydrogens is 347 g/mol. The minimum Gasteiger partial charge on any atom is -0.366 e. The largest absolute Gasteiger partial charge is 0.366 e. The van der Waals surface area contributed by atoms with Crippen molar-refractivity contribution in [2.45, 2.75) is 13.0 Å². The maximum absolute atomic E-state index is 13.5. The first-order valence-electron chi connectivity index (χ1n) is 8.89. The van der Waals surface area contributed by atoms with Crippen LogP contribution >= 0.6 is 0 Å². The number of benzene rings is 2. The van der Waals surface area contributed by atoms with Gasteiger partial charge in [-0.2, -0.15) is 0 Å². The molecule has 1 amide bonds. The number of anilines is 1. The first-order chi connectivity index (χ1) is 13.0. The Hall–Kier alpha value is -2.77. The predicted molar refractivity (Wildman–Crippen MR) is 102 cm³/mol. The standard InChI is InChI=1S/C20H21FN4O2/c1-12-9-13(19-23-16-10-14(21)4-6-17(16)25(19)2)3-5-15(12)24-20(26)18-11-22-7-8-27-18/h3-6,9-10,18,22H,7-8,11H2,1-2H3,(H,24,26). The number of aryl methyl sites for hydroxylation is 2. The van der Waals surface area contributed by atoms with Gasteiger partial charge >= 0.3 is 0 Å². The lowest BCUT2D eigenvalue weighted by molar-refractivity contribution is -0.128. The second kappa shape index (κ2) is 7.09. The lowest BCUT2D eigenvalue weighted by Crippen LogP contribution is -2.45. The van der Waals surface area contributed by atoms with E-state index in [9.17, 15) is 9.18 Å². The summed E-state index contributed by atoms with van der Waals surface area (Å²) in [4.78, 5) is 16.9. The fourth-order valence-electron chi connectivity index (χ4n) is 3.32. The van der Waals surface area contributed by atoms with Gasteiger partial charge in [-0.05, 0) is 42.8 Å². The molecule has 1 atom stereocenters. The van der Waals surface area contributed by atoms with E-state index in [1.165, 1.54) is 12.1 Å². The summed E-state index contributed by atoms with van der Waals surface area (Å²) in [6, 6.07) is 10.3. The molecule has 0 spiro atoms. The number of rotatable bonds is 3. The van der Waals surface area contributed by atoms with Crippen molar-refractivity contribution in [1.29, 1.82) is 0 Å². The Morgan fingerprint density at radius 1 is 1.33 bits per heavy atom. The molecule has 0 bridgehead atoms. The Balaban J connectivity index is 1.60. The first-order valence-corrected chi connectivity index (χ1v) is 8.89. The molecule has 6 nitrogen and oxygen atoms in total. The van der Waals surface area contributed by atoms with Crippen LogP contribution in [-0.4, -0.2) is 41.3 Å². The van der Waals surface area contributed by atoms with E-state index in [0.717, 1.165) is 34.7 Å². The van der Waals surface area contributed by atoms with Gasteiger partial charge in [-0.3, -0.25) is 4.79 Å². The molecule has 0 aliphatic carbocycles. The van der Waals surface area contributed by atoms with E-state index in [0.29, 0.717) is 18.7 Å². The summed E-state index contributed by atoms with van der Waals surface area (Å²) in [6.45, 7) is 3.74. The van der Waals surface area contributed by atoms with E-state index in [2.05, 4.69) is 15.6 Å². The van der Waals surface area contributed by atoms with Crippen LogP contribution in [0.15, 0.2) is 36.4 Å². The first kappa shape index (κ1) is 17.6. The average molecular weight is 368 g/mol. The van der Waals surface area contributed by atoms with Gasteiger partial charge in [-0.25, -0.2) is 9.37 Å². The average Bonchev–Trinajstić information content (AvgIpc) is 3.00. The number of ether oxygens (including phenoxy) is 1. The third kappa shape index (κ3) is 3.43. The lowest BCUT2D eigenvalue weighted by Gasteiger charge is -2.23. The fraction of sp³-hybridized carbons (Fsp3) is 0.300. The van der Waals surface area contributed by atoms with E-state index < -0.39 is 6.10 Å². The molecule has 1 saturated heterocycles. The maximum atomic E-state index is 13.5. The van der Waals surface area contributed by atoms with Crippen LogP contribution in [0.2, 0.25) is 0 Å². The highest BCUT2D eigenvalue weighted by Crippen LogP contribution is 2.27. The number of carbonyl (C=O) groups excluding carboxylic acids is 1. The Morgan fingerprint density at radius 3 is 2.93 bits per heavy atom. The minimum absolute atomic E-state index is 0.156. The summed E-state index contributed by atoms with van der Waals surface area (Å²) in [5, 5.41) is 6.07. The van der Waals surface area contributed by atoms with Crippen molar-refractivity contribution in [3.8, 4) is 11.4 Å². The third-order valence-corrected chi connectivity index (χ3v) is 4.81. The molecule has 3 aromatic rings. The molecule has 2 N–H and O–H groups in total. The molecule has 1 aliphatic heterocycles. The van der Waals surface area contributed by atoms with Gasteiger partial charge in [0.2, 0.25) is 0 Å². The van der Waals surface area contributed by atoms with Gasteiger partial charge in [-0.1, -0.05) is 0 Å². The Morgan fingerprint density at radius 2 is 2.19 bits per heavy atom. The summed E-state index contributed by atoms with van der Waals surface area (Å²) in [7, 11) is 1.90. The van der Waals surface area contributed by atoms with Gasteiger partial charge in [0.05, 0.1) is 17.6 Å². The SMILES string of the molecule is Cc1cc(-c2nc3cc(F)ccc3n2C)ccc1NC(=O)C1CNCCO1. The topological polar surface area (TPSA) is 68.2 Å². The number of morpholine rings is 1. The van der Waals surface area contributed by atoms with Crippen molar-refractivity contribution in [2.75, 3.05) is 25.0 Å². The molecule has 2 aromatic carbocycles. The van der Waals surface area contributed by atoms with Crippen LogP contribution in [0.25, 0.3) is 22.4 Å². The third-order valence-electron chi connectivity index (χ3n) is 4.81. The van der Waals surface area contributed by atoms with Gasteiger partial charge in [-0.15, -0.1) is 0 Å². The van der Waals surface area contributed by atoms with Crippen LogP contribution in [0.5, 0.6) is 0 Å². The van der Waals surface area contributed by atoms with Crippen molar-refractivity contribution >= 4 is 22.6 Å². The number of hydrogen-bond donors (Lipinski definition) is 2. The van der Waals surface area contributed by atoms with Gasteiger partial charge in [0.15, 0.2) is 0 Å². The minimum atomic E-state index is -0.479. The second-order valence-electron chi connectivity index (χ2n) is 6.71. The predicted octanol–water partition coefficient (Wildman–Crippen LogP) is 2.61. The van der Waals surface area contributed by atoms with Gasteiger partial charge in [0.25, 0.3) is 5.91 Å². The summed E-state index contributed by atoms with van der Waals surface area (Å²) in [5.41, 5.74) is 4.04. The normalized spacial score (nSPS) is 17.2. The summed E-state index contributed by atoms with van der Waals surface area (Å²) in [6.07, 6.45) is -0.479. The Labute approximate surface area is 156 Å². The Bertz CT molecular complexity index is 1010. The van der Waals surface area contributed by atoms with Crippen LogP contribution in [-0.2, 0) is 16.6 Å².